The second-order valence-corrected chi connectivity index (χ2v) is 39.2. The number of hydrogen-bond donors (Lipinski definition) is 14. The van der Waals surface area contributed by atoms with Crippen molar-refractivity contribution in [2.75, 3.05) is 19.7 Å². The van der Waals surface area contributed by atoms with E-state index in [2.05, 4.69) is 36.6 Å². The van der Waals surface area contributed by atoms with Crippen molar-refractivity contribution in [2.24, 2.45) is 94.7 Å². The van der Waals surface area contributed by atoms with Crippen molar-refractivity contribution in [3.8, 4) is 23.0 Å². The number of aliphatic imine (C=N–C) groups is 3. The largest absolute Gasteiger partial charge is 0.508 e. The highest BCUT2D eigenvalue weighted by atomic mass is 31.2. The van der Waals surface area contributed by atoms with Gasteiger partial charge < -0.3 is 99.4 Å². The van der Waals surface area contributed by atoms with Crippen LogP contribution in [0.5, 0.6) is 23.0 Å². The summed E-state index contributed by atoms with van der Waals surface area (Å²) in [4.78, 5) is 168. The number of phenolic OH excluding ortho intramolecular Hbond substituents is 2. The first-order valence-corrected chi connectivity index (χ1v) is 46.1. The average Bonchev–Trinajstić information content (AvgIpc) is 1.49. The summed E-state index contributed by atoms with van der Waals surface area (Å²) in [5.41, 5.74) is 37.4. The molecule has 133 heavy (non-hydrogen) atoms. The highest BCUT2D eigenvalue weighted by Crippen LogP contribution is 2.64. The molecular weight excluding hydrogens is 1740 g/mol. The predicted molar refractivity (Wildman–Crippen MR) is 484 cm³/mol. The van der Waals surface area contributed by atoms with Gasteiger partial charge in [-0.3, -0.25) is 67.1 Å². The highest BCUT2D eigenvalue weighted by Gasteiger charge is 2.67. The van der Waals surface area contributed by atoms with E-state index < -0.39 is 173 Å². The lowest BCUT2D eigenvalue weighted by atomic mass is 9.56. The van der Waals surface area contributed by atoms with Crippen molar-refractivity contribution in [2.45, 2.75) is 233 Å². The fourth-order valence-electron chi connectivity index (χ4n) is 21.3. The number of unbranched alkanes of at least 4 members (excludes halogenated alkanes) is 3. The van der Waals surface area contributed by atoms with Gasteiger partial charge in [0.1, 0.15) is 53.6 Å². The Bertz CT molecular complexity index is 5940. The van der Waals surface area contributed by atoms with Crippen LogP contribution in [0.3, 0.4) is 0 Å². The summed E-state index contributed by atoms with van der Waals surface area (Å²) in [6, 6.07) is 16.1. The molecule has 0 aliphatic carbocycles. The third kappa shape index (κ3) is 18.9. The lowest BCUT2D eigenvalue weighted by Crippen LogP contribution is -2.59. The molecule has 40 heteroatoms. The van der Waals surface area contributed by atoms with Gasteiger partial charge in [-0.1, -0.05) is 52.7 Å². The second kappa shape index (κ2) is 37.5. The lowest BCUT2D eigenvalue weighted by Gasteiger charge is -2.48. The number of aromatic nitrogens is 5. The fraction of sp³-hybridized carbons (Fsp3) is 0.505. The molecule has 8 bridgehead atoms. The Labute approximate surface area is 767 Å². The third-order valence-electron chi connectivity index (χ3n) is 28.5. The Balaban J connectivity index is 0.635. The van der Waals surface area contributed by atoms with Crippen molar-refractivity contribution in [3.05, 3.63) is 158 Å². The van der Waals surface area contributed by atoms with Crippen molar-refractivity contribution in [1.82, 2.24) is 45.8 Å². The van der Waals surface area contributed by atoms with Gasteiger partial charge in [-0.2, -0.15) is 0 Å². The number of aliphatic hydroxyl groups excluding tert-OH is 1. The maximum Gasteiger partial charge on any atom is 0.472 e. The van der Waals surface area contributed by atoms with Gasteiger partial charge in [0.15, 0.2) is 11.8 Å². The molecule has 710 valence electrons. The molecule has 2 aromatic heterocycles. The van der Waals surface area contributed by atoms with E-state index in [0.29, 0.717) is 105 Å². The molecule has 39 nitrogen and oxygen atoms in total. The second-order valence-electron chi connectivity index (χ2n) is 37.8. The number of rotatable bonds is 37. The number of allylic oxidation sites excluding steroid dienone is 6. The van der Waals surface area contributed by atoms with Crippen LogP contribution >= 0.6 is 7.82 Å². The van der Waals surface area contributed by atoms with Crippen LogP contribution in [0.4, 0.5) is 4.79 Å². The predicted octanol–water partition coefficient (Wildman–Crippen LogP) is 7.66. The Kier molecular flexibility index (Phi) is 27.2. The van der Waals surface area contributed by atoms with E-state index in [9.17, 15) is 72.7 Å². The molecule has 14 rings (SSSR count). The first-order chi connectivity index (χ1) is 62.7. The van der Waals surface area contributed by atoms with Crippen LogP contribution in [0.25, 0.3) is 11.0 Å². The van der Waals surface area contributed by atoms with Gasteiger partial charge in [-0.25, -0.2) is 19.1 Å². The van der Waals surface area contributed by atoms with Crippen molar-refractivity contribution in [1.29, 1.82) is 0 Å². The quantitative estimate of drug-likeness (QED) is 0.0101. The number of aliphatic hydroxyl groups is 1. The van der Waals surface area contributed by atoms with Crippen LogP contribution < -0.4 is 60.4 Å². The number of ether oxygens (including phenoxy) is 4. The number of amides is 9. The zero-order valence-corrected chi connectivity index (χ0v) is 77.1. The molecule has 20 N–H and O–H groups in total. The number of carbonyl (C=O) groups excluding carboxylic acids is 10. The van der Waals surface area contributed by atoms with E-state index in [-0.39, 0.29) is 118 Å². The van der Waals surface area contributed by atoms with Crippen molar-refractivity contribution >= 4 is 95.3 Å². The highest BCUT2D eigenvalue weighted by molar-refractivity contribution is 7.47. The number of nitrogens with zero attached hydrogens (tertiary/aromatic N) is 8. The zero-order valence-electron chi connectivity index (χ0n) is 76.2. The van der Waals surface area contributed by atoms with Gasteiger partial charge >= 0.3 is 19.9 Å². The van der Waals surface area contributed by atoms with Gasteiger partial charge in [0.25, 0.3) is 5.91 Å². The zero-order chi connectivity index (χ0) is 96.3. The van der Waals surface area contributed by atoms with Crippen molar-refractivity contribution < 1.29 is 101 Å². The minimum Gasteiger partial charge on any atom is -0.508 e. The number of carbonyl (C=O) groups is 10. The summed E-state index contributed by atoms with van der Waals surface area (Å²) in [6.07, 6.45) is -1.95. The Morgan fingerprint density at radius 1 is 0.699 bits per heavy atom. The minimum atomic E-state index is -5.28. The summed E-state index contributed by atoms with van der Waals surface area (Å²) in [7, 11) is -5.28. The number of hydrogen-bond acceptors (Lipinski definition) is 27. The summed E-state index contributed by atoms with van der Waals surface area (Å²) >= 11 is 0. The summed E-state index contributed by atoms with van der Waals surface area (Å²) in [5.74, 6) is -8.48. The molecule has 6 aromatic rings. The van der Waals surface area contributed by atoms with Crippen molar-refractivity contribution in [3.63, 3.8) is 0 Å². The molecule has 8 aliphatic rings. The first-order valence-electron chi connectivity index (χ1n) is 44.6. The Morgan fingerprint density at radius 3 is 2.00 bits per heavy atom. The number of nitrogens with one attached hydrogen (secondary N) is 4. The number of primary amides is 6. The van der Waals surface area contributed by atoms with E-state index in [0.717, 1.165) is 17.5 Å². The van der Waals surface area contributed by atoms with Crippen LogP contribution in [0, 0.1) is 59.2 Å². The van der Waals surface area contributed by atoms with E-state index in [1.165, 1.54) is 54.2 Å². The lowest BCUT2D eigenvalue weighted by molar-refractivity contribution is -0.124. The smallest absolute Gasteiger partial charge is 0.472 e. The molecule has 0 saturated carbocycles. The van der Waals surface area contributed by atoms with Gasteiger partial charge in [0.05, 0.1) is 59.0 Å². The van der Waals surface area contributed by atoms with E-state index in [1.54, 1.807) is 36.0 Å². The maximum absolute atomic E-state index is 14.7. The van der Waals surface area contributed by atoms with Gasteiger partial charge in [0, 0.05) is 173 Å². The Morgan fingerprint density at radius 2 is 1.35 bits per heavy atom. The summed E-state index contributed by atoms with van der Waals surface area (Å²) < 4.78 is 53.4. The van der Waals surface area contributed by atoms with Gasteiger partial charge in [-0.05, 0) is 163 Å². The van der Waals surface area contributed by atoms with E-state index >= 15 is 0 Å². The number of imidazole rings is 1. The number of aromatic hydroxyl groups is 2. The van der Waals surface area contributed by atoms with Crippen LogP contribution in [0.2, 0.25) is 0 Å². The molecule has 1 spiro atoms. The molecule has 1 unspecified atom stereocenters. The third-order valence-corrected chi connectivity index (χ3v) is 29.6. The molecule has 4 aromatic carbocycles. The van der Waals surface area contributed by atoms with Crippen LogP contribution in [-0.2, 0) is 80.1 Å². The Hall–Kier alpha value is -12.5. The monoisotopic (exact) mass is 1850 g/mol. The average molecular weight is 1850 g/mol. The number of alkyl carbamates (subject to hydrolysis) is 1. The van der Waals surface area contributed by atoms with Crippen LogP contribution in [0.15, 0.2) is 129 Å². The molecule has 15 atom stereocenters. The minimum absolute atomic E-state index is 0.0150. The molecule has 0 radical (unpaired) electrons. The normalized spacial score (nSPS) is 27.7. The van der Waals surface area contributed by atoms with Gasteiger partial charge in [0.2, 0.25) is 41.4 Å². The number of phosphoric acid groups is 1. The van der Waals surface area contributed by atoms with Gasteiger partial charge in [-0.15, -0.1) is 5.10 Å². The number of aryl methyl sites for hydroxylation is 3. The number of benzene rings is 4. The fourth-order valence-corrected chi connectivity index (χ4v) is 22.4. The van der Waals surface area contributed by atoms with E-state index in [1.807, 2.05) is 80.5 Å². The number of fused-ring (bicyclic) bond motifs is 13. The molecule has 8 aliphatic heterocycles. The standard InChI is InChI=1S/C93H117N18O21P/c1-46-32-64-65(33-47(46)2)111(45-103-64)85-79(121)80(68(129-85)44-127-87(124)100-30-14-12-13-15-31-110-43-52(108-109-110)42-102-84(122)51-16-19-55-61(34-51)93(130-86(55)123)57-20-17-53(112)35-66(57)128-67-36-54(113)18-21-58(67)93)132-133(125,126)131-48(3)41-101-76(120)28-29-89(8)62(37-73(97)117)83-92(11)91(10,40-75(99)119)60(24-27-72(96)116)78(107-92)50(5)82-90(9,39-74(98)118)56(22-25-70(94)114)63(104-82)38-69-88(6,7)59(23-26-71(95)115)77(105-69)49(4)81(89)106-83/h16-21,32-36,38,43,45,48,56,59-60,62,68,79-80,83,85,106,112-113,121H,12-15,22-31,37,39-42,44H2,1-11H3,(H2,94,114)(H2,95,115)(H2,96,116)(H2,97,117)(H2,98,118)(H2,99,119)(H,100,124)(H,101,120)(H,102,122)(H,125,126)/b69-38-,81-49-,82-50-/t48-,56-,59-,60-,62+,68-,79-,80-,83-,85+,89-,90+,91+,92+/m1/s1. The molecule has 9 amide bonds. The molecule has 2 saturated heterocycles. The number of phenols is 2. The molecule has 10 heterocycles. The van der Waals surface area contributed by atoms with E-state index in [4.69, 9.17) is 77.4 Å². The summed E-state index contributed by atoms with van der Waals surface area (Å²) in [5, 5.41) is 53.6. The first kappa shape index (κ1) is 96.5. The maximum atomic E-state index is 14.7. The van der Waals surface area contributed by atoms with Crippen LogP contribution in [-0.4, -0.2) is 177 Å². The number of nitrogens with two attached hydrogens (primary N) is 6. The molecular formula is C93H117N18O21P. The van der Waals surface area contributed by atoms with Crippen LogP contribution in [0.1, 0.15) is 219 Å². The summed E-state index contributed by atoms with van der Waals surface area (Å²) in [6.45, 7) is 19.8. The topological polar surface area (TPSA) is 614 Å². The molecule has 2 fully saturated rings. The number of phosphoric ester groups is 1. The number of esters is 1. The SMILES string of the molecule is C/C1=C2/N[C@H]([C@H](CC(N)=O)[C@@]2(C)CCC(=O)NC[C@@H](C)OP(=O)(O)O[C@H]2[C@@H](O)[C@@H](n3cnc4cc(C)c(C)cc43)O[C@@H]2COC(=O)NCCCCCCn2cc(CNC(=O)c3ccc4c(c3)C3(OC4=O)c4ccc(O)cc4Oc4cc(O)ccc43)nn2)[C@]2(C)N=C(/C(C)=C3N=C(/C=C4N=C1[C@@H](CCC(N)=O)C\4(C)C)[C@@H](CCC(N)=O)[C@]\3(C)CC(N)=O)[C@@H](CCC(N)=O)[C@]2(C)CC(N)=O.